The second-order valence-electron chi connectivity index (χ2n) is 7.35. The highest BCUT2D eigenvalue weighted by Gasteiger charge is 2.42. The predicted molar refractivity (Wildman–Crippen MR) is 88.6 cm³/mol. The molecule has 1 amide bonds. The Hall–Kier alpha value is -2.38. The van der Waals surface area contributed by atoms with E-state index in [9.17, 15) is 22.4 Å². The number of nitrogens with one attached hydrogen (secondary N) is 1. The molecular formula is C18H19F4N3O. The zero-order valence-electron chi connectivity index (χ0n) is 14.8. The Morgan fingerprint density at radius 2 is 2.00 bits per heavy atom. The van der Waals surface area contributed by atoms with Gasteiger partial charge >= 0.3 is 6.18 Å². The molecule has 1 N–H and O–H groups in total. The van der Waals surface area contributed by atoms with Crippen LogP contribution >= 0.6 is 0 Å². The van der Waals surface area contributed by atoms with Crippen LogP contribution < -0.4 is 5.32 Å². The zero-order valence-corrected chi connectivity index (χ0v) is 14.8. The molecule has 1 heterocycles. The molecule has 1 aromatic heterocycles. The number of carbonyl (C=O) groups excluding carboxylic acids is 1. The number of halogens is 4. The van der Waals surface area contributed by atoms with Crippen LogP contribution in [0.5, 0.6) is 0 Å². The highest BCUT2D eigenvalue weighted by molar-refractivity contribution is 6.05. The van der Waals surface area contributed by atoms with Gasteiger partial charge in [-0.3, -0.25) is 4.79 Å². The van der Waals surface area contributed by atoms with E-state index in [0.29, 0.717) is 10.4 Å². The van der Waals surface area contributed by atoms with E-state index in [1.54, 1.807) is 12.1 Å². The van der Waals surface area contributed by atoms with Gasteiger partial charge in [-0.1, -0.05) is 32.9 Å². The first-order valence-corrected chi connectivity index (χ1v) is 8.18. The summed E-state index contributed by atoms with van der Waals surface area (Å²) in [5, 5.41) is 5.57. The van der Waals surface area contributed by atoms with Crippen LogP contribution in [0.2, 0.25) is 0 Å². The fourth-order valence-corrected chi connectivity index (χ4v) is 3.86. The molecule has 140 valence electrons. The van der Waals surface area contributed by atoms with Crippen molar-refractivity contribution in [2.75, 3.05) is 5.32 Å². The van der Waals surface area contributed by atoms with Gasteiger partial charge in [0.1, 0.15) is 5.56 Å². The molecule has 26 heavy (non-hydrogen) atoms. The van der Waals surface area contributed by atoms with Gasteiger partial charge in [0, 0.05) is 12.7 Å². The molecule has 1 unspecified atom stereocenters. The van der Waals surface area contributed by atoms with Gasteiger partial charge in [0.15, 0.2) is 5.69 Å². The molecule has 0 aliphatic heterocycles. The number of fused-ring (bicyclic) bond motifs is 1. The van der Waals surface area contributed by atoms with Crippen molar-refractivity contribution in [3.8, 4) is 0 Å². The number of benzene rings is 1. The van der Waals surface area contributed by atoms with E-state index < -0.39 is 29.3 Å². The third-order valence-corrected chi connectivity index (χ3v) is 4.87. The summed E-state index contributed by atoms with van der Waals surface area (Å²) in [7, 11) is 1.02. The summed E-state index contributed by atoms with van der Waals surface area (Å²) >= 11 is 0. The number of aromatic nitrogens is 2. The smallest absolute Gasteiger partial charge is 0.322 e. The largest absolute Gasteiger partial charge is 0.436 e. The summed E-state index contributed by atoms with van der Waals surface area (Å²) in [4.78, 5) is 12.5. The molecule has 3 rings (SSSR count). The molecule has 0 saturated carbocycles. The van der Waals surface area contributed by atoms with E-state index in [2.05, 4.69) is 24.3 Å². The van der Waals surface area contributed by atoms with Gasteiger partial charge in [-0.05, 0) is 34.9 Å². The number of amides is 1. The SMILES string of the molecule is CC1CC(C)(C)c2cccc(NC(=O)c3c(C(F)(F)F)nn(C)c3F)c21. The van der Waals surface area contributed by atoms with Gasteiger partial charge in [-0.15, -0.1) is 0 Å². The first-order valence-electron chi connectivity index (χ1n) is 8.18. The van der Waals surface area contributed by atoms with Gasteiger partial charge in [0.25, 0.3) is 5.91 Å². The lowest BCUT2D eigenvalue weighted by Gasteiger charge is -2.19. The lowest BCUT2D eigenvalue weighted by Crippen LogP contribution is -2.20. The highest BCUT2D eigenvalue weighted by Crippen LogP contribution is 2.48. The minimum atomic E-state index is -4.93. The van der Waals surface area contributed by atoms with Gasteiger partial charge in [-0.25, -0.2) is 4.68 Å². The van der Waals surface area contributed by atoms with E-state index >= 15 is 0 Å². The van der Waals surface area contributed by atoms with E-state index in [4.69, 9.17) is 0 Å². The van der Waals surface area contributed by atoms with Gasteiger partial charge < -0.3 is 5.32 Å². The van der Waals surface area contributed by atoms with Crippen molar-refractivity contribution in [2.45, 2.75) is 44.7 Å². The Kier molecular flexibility index (Phi) is 4.12. The van der Waals surface area contributed by atoms with Crippen molar-refractivity contribution in [3.05, 3.63) is 46.5 Å². The first kappa shape index (κ1) is 18.4. The topological polar surface area (TPSA) is 46.9 Å². The van der Waals surface area contributed by atoms with Crippen LogP contribution in [0.25, 0.3) is 0 Å². The van der Waals surface area contributed by atoms with Crippen LogP contribution in [0.4, 0.5) is 23.2 Å². The fraction of sp³-hybridized carbons (Fsp3) is 0.444. The molecule has 4 nitrogen and oxygen atoms in total. The average Bonchev–Trinajstić information content (AvgIpc) is 2.94. The standard InChI is InChI=1S/C18H19F4N3O/c1-9-8-17(2,3)10-6-5-7-11(12(9)10)23-16(26)13-14(18(20,21)22)24-25(4)15(13)19/h5-7,9H,8H2,1-4H3,(H,23,26). The molecule has 0 bridgehead atoms. The van der Waals surface area contributed by atoms with Gasteiger partial charge in [-0.2, -0.15) is 22.7 Å². The minimum Gasteiger partial charge on any atom is -0.322 e. The second-order valence-corrected chi connectivity index (χ2v) is 7.35. The Morgan fingerprint density at radius 3 is 2.62 bits per heavy atom. The number of carbonyl (C=O) groups is 1. The molecular weight excluding hydrogens is 350 g/mol. The maximum Gasteiger partial charge on any atom is 0.436 e. The summed E-state index contributed by atoms with van der Waals surface area (Å²) in [5.74, 6) is -2.36. The van der Waals surface area contributed by atoms with E-state index in [-0.39, 0.29) is 11.3 Å². The van der Waals surface area contributed by atoms with Crippen molar-refractivity contribution in [3.63, 3.8) is 0 Å². The summed E-state index contributed by atoms with van der Waals surface area (Å²) in [6.45, 7) is 6.14. The lowest BCUT2D eigenvalue weighted by atomic mass is 9.86. The van der Waals surface area contributed by atoms with Crippen LogP contribution in [-0.2, 0) is 18.6 Å². The molecule has 1 aliphatic carbocycles. The van der Waals surface area contributed by atoms with Crippen LogP contribution in [0.3, 0.4) is 0 Å². The summed E-state index contributed by atoms with van der Waals surface area (Å²) in [6, 6.07) is 5.30. The number of rotatable bonds is 2. The molecule has 2 aromatic rings. The monoisotopic (exact) mass is 369 g/mol. The highest BCUT2D eigenvalue weighted by atomic mass is 19.4. The molecule has 0 spiro atoms. The average molecular weight is 369 g/mol. The first-order chi connectivity index (χ1) is 11.9. The summed E-state index contributed by atoms with van der Waals surface area (Å²) < 4.78 is 53.8. The third kappa shape index (κ3) is 2.87. The van der Waals surface area contributed by atoms with Crippen molar-refractivity contribution >= 4 is 11.6 Å². The van der Waals surface area contributed by atoms with Crippen LogP contribution in [0, 0.1) is 5.95 Å². The van der Waals surface area contributed by atoms with Gasteiger partial charge in [0.2, 0.25) is 5.95 Å². The second kappa shape index (κ2) is 5.82. The maximum absolute atomic E-state index is 14.1. The normalized spacial score (nSPS) is 18.7. The van der Waals surface area contributed by atoms with Gasteiger partial charge in [0.05, 0.1) is 0 Å². The predicted octanol–water partition coefficient (Wildman–Crippen LogP) is 4.62. The van der Waals surface area contributed by atoms with Crippen LogP contribution in [0.1, 0.15) is 60.3 Å². The van der Waals surface area contributed by atoms with E-state index in [0.717, 1.165) is 24.6 Å². The molecule has 1 atom stereocenters. The zero-order chi connectivity index (χ0) is 19.4. The van der Waals surface area contributed by atoms with Crippen molar-refractivity contribution in [1.29, 1.82) is 0 Å². The number of anilines is 1. The number of nitrogens with zero attached hydrogens (tertiary/aromatic N) is 2. The Bertz CT molecular complexity index is 883. The van der Waals surface area contributed by atoms with Crippen LogP contribution in [0.15, 0.2) is 18.2 Å². The molecule has 0 radical (unpaired) electrons. The van der Waals surface area contributed by atoms with Crippen molar-refractivity contribution in [2.24, 2.45) is 7.05 Å². The van der Waals surface area contributed by atoms with Crippen molar-refractivity contribution in [1.82, 2.24) is 9.78 Å². The quantitative estimate of drug-likeness (QED) is 0.786. The number of aryl methyl sites for hydroxylation is 1. The summed E-state index contributed by atoms with van der Waals surface area (Å²) in [6.07, 6.45) is -4.08. The Morgan fingerprint density at radius 1 is 1.35 bits per heavy atom. The Balaban J connectivity index is 2.03. The Labute approximate surface area is 148 Å². The molecule has 1 aromatic carbocycles. The number of hydrogen-bond acceptors (Lipinski definition) is 2. The number of alkyl halides is 3. The number of hydrogen-bond donors (Lipinski definition) is 1. The van der Waals surface area contributed by atoms with Crippen LogP contribution in [-0.4, -0.2) is 15.7 Å². The fourth-order valence-electron chi connectivity index (χ4n) is 3.86. The molecule has 0 saturated heterocycles. The lowest BCUT2D eigenvalue weighted by molar-refractivity contribution is -0.141. The van der Waals surface area contributed by atoms with E-state index in [1.165, 1.54) is 0 Å². The molecule has 8 heteroatoms. The minimum absolute atomic E-state index is 0.105. The van der Waals surface area contributed by atoms with Crippen molar-refractivity contribution < 1.29 is 22.4 Å². The summed E-state index contributed by atoms with van der Waals surface area (Å²) in [5.41, 5.74) is -0.416. The molecule has 1 aliphatic rings. The maximum atomic E-state index is 14.1. The van der Waals surface area contributed by atoms with E-state index in [1.807, 2.05) is 13.0 Å². The molecule has 0 fully saturated rings. The third-order valence-electron chi connectivity index (χ3n) is 4.87.